The third-order valence-electron chi connectivity index (χ3n) is 5.11. The molecule has 0 saturated heterocycles. The van der Waals surface area contributed by atoms with Crippen molar-refractivity contribution in [3.63, 3.8) is 0 Å². The second-order valence-corrected chi connectivity index (χ2v) is 7.66. The lowest BCUT2D eigenvalue weighted by Crippen LogP contribution is -2.28. The molecule has 3 aromatic rings. The van der Waals surface area contributed by atoms with Gasteiger partial charge >= 0.3 is 12.1 Å². The van der Waals surface area contributed by atoms with Crippen molar-refractivity contribution in [2.75, 3.05) is 10.6 Å². The highest BCUT2D eigenvalue weighted by atomic mass is 16.6. The van der Waals surface area contributed by atoms with E-state index in [1.54, 1.807) is 30.5 Å². The maximum atomic E-state index is 12.5. The molecule has 0 bridgehead atoms. The van der Waals surface area contributed by atoms with Crippen molar-refractivity contribution >= 4 is 23.5 Å². The molecule has 0 aliphatic carbocycles. The van der Waals surface area contributed by atoms with Crippen LogP contribution in [-0.2, 0) is 11.3 Å². The highest BCUT2D eigenvalue weighted by Crippen LogP contribution is 2.25. The number of carbonyl (C=O) groups excluding carboxylic acids is 2. The van der Waals surface area contributed by atoms with Crippen molar-refractivity contribution in [3.8, 4) is 17.4 Å². The Morgan fingerprint density at radius 1 is 1.18 bits per heavy atom. The van der Waals surface area contributed by atoms with Gasteiger partial charge in [-0.3, -0.25) is 0 Å². The van der Waals surface area contributed by atoms with Crippen LogP contribution in [0.5, 0.6) is 0 Å². The zero-order valence-electron chi connectivity index (χ0n) is 19.1. The van der Waals surface area contributed by atoms with Gasteiger partial charge in [-0.1, -0.05) is 19.1 Å². The molecule has 0 aliphatic rings. The third-order valence-corrected chi connectivity index (χ3v) is 5.11. The minimum atomic E-state index is -0.537. The van der Waals surface area contributed by atoms with E-state index in [0.29, 0.717) is 36.4 Å². The van der Waals surface area contributed by atoms with E-state index < -0.39 is 6.09 Å². The van der Waals surface area contributed by atoms with Crippen LogP contribution >= 0.6 is 0 Å². The predicted octanol–water partition coefficient (Wildman–Crippen LogP) is 5.60. The van der Waals surface area contributed by atoms with Crippen molar-refractivity contribution in [3.05, 3.63) is 66.2 Å². The molecule has 0 aliphatic heterocycles. The normalized spacial score (nSPS) is 11.2. The van der Waals surface area contributed by atoms with Crippen molar-refractivity contribution < 1.29 is 18.7 Å². The quantitative estimate of drug-likeness (QED) is 0.380. The first-order chi connectivity index (χ1) is 16.5. The summed E-state index contributed by atoms with van der Waals surface area (Å²) in [5.74, 6) is 0.662. The van der Waals surface area contributed by atoms with Crippen LogP contribution in [0.2, 0.25) is 0 Å². The molecule has 34 heavy (non-hydrogen) atoms. The number of hydrogen-bond acceptors (Lipinski definition) is 6. The van der Waals surface area contributed by atoms with Gasteiger partial charge in [0.05, 0.1) is 12.3 Å². The van der Waals surface area contributed by atoms with Crippen LogP contribution < -0.4 is 16.0 Å². The van der Waals surface area contributed by atoms with Crippen LogP contribution in [0.3, 0.4) is 0 Å². The molecule has 3 amide bonds. The van der Waals surface area contributed by atoms with Gasteiger partial charge in [0, 0.05) is 29.9 Å². The molecule has 3 rings (SSSR count). The van der Waals surface area contributed by atoms with E-state index in [0.717, 1.165) is 16.7 Å². The van der Waals surface area contributed by atoms with Crippen molar-refractivity contribution in [2.45, 2.75) is 45.8 Å². The molecule has 176 valence electrons. The molecule has 0 radical (unpaired) electrons. The molecule has 3 N–H and O–H groups in total. The first-order valence-corrected chi connectivity index (χ1v) is 11.0. The molecule has 0 spiro atoms. The SMILES string of the molecule is CCC(CCC#N)OC(=O)NCc1cccc(NC(=O)Nc2ccc(-c3cnco3)c(C)c2)c1. The standard InChI is InChI=1S/C25H27N5O4/c1-3-21(8-5-11-26)34-25(32)28-14-18-6-4-7-19(13-18)29-24(31)30-20-9-10-22(17(2)12-20)23-15-27-16-33-23/h4,6-7,9-10,12-13,15-16,21H,3,5,8,14H2,1-2H3,(H,28,32)(H2,29,30,31). The number of amides is 3. The topological polar surface area (TPSA) is 129 Å². The Morgan fingerprint density at radius 3 is 2.65 bits per heavy atom. The molecule has 0 saturated carbocycles. The number of aryl methyl sites for hydroxylation is 1. The molecule has 1 atom stereocenters. The minimum absolute atomic E-state index is 0.243. The average Bonchev–Trinajstić information content (AvgIpc) is 3.35. The number of urea groups is 1. The number of carbonyl (C=O) groups is 2. The lowest BCUT2D eigenvalue weighted by Gasteiger charge is -2.15. The van der Waals surface area contributed by atoms with Crippen LogP contribution in [-0.4, -0.2) is 23.2 Å². The van der Waals surface area contributed by atoms with Gasteiger partial charge in [-0.25, -0.2) is 14.6 Å². The Balaban J connectivity index is 1.52. The monoisotopic (exact) mass is 461 g/mol. The summed E-state index contributed by atoms with van der Waals surface area (Å²) in [7, 11) is 0. The highest BCUT2D eigenvalue weighted by Gasteiger charge is 2.12. The van der Waals surface area contributed by atoms with Crippen LogP contribution in [0.4, 0.5) is 21.0 Å². The number of hydrogen-bond donors (Lipinski definition) is 3. The molecule has 1 heterocycles. The molecule has 9 heteroatoms. The van der Waals surface area contributed by atoms with Gasteiger partial charge in [0.25, 0.3) is 0 Å². The van der Waals surface area contributed by atoms with Gasteiger partial charge in [-0.2, -0.15) is 5.26 Å². The number of nitrogens with zero attached hydrogens (tertiary/aromatic N) is 2. The summed E-state index contributed by atoms with van der Waals surface area (Å²) in [6.45, 7) is 4.07. The Morgan fingerprint density at radius 2 is 1.97 bits per heavy atom. The van der Waals surface area contributed by atoms with Gasteiger partial charge in [0.15, 0.2) is 12.2 Å². The number of anilines is 2. The molecule has 0 fully saturated rings. The second-order valence-electron chi connectivity index (χ2n) is 7.66. The number of nitriles is 1. The van der Waals surface area contributed by atoms with Crippen LogP contribution in [0.1, 0.15) is 37.3 Å². The number of alkyl carbamates (subject to hydrolysis) is 1. The van der Waals surface area contributed by atoms with Crippen molar-refractivity contribution in [1.82, 2.24) is 10.3 Å². The van der Waals surface area contributed by atoms with E-state index in [4.69, 9.17) is 14.4 Å². The Hall–Kier alpha value is -4.32. The minimum Gasteiger partial charge on any atom is -0.446 e. The predicted molar refractivity (Wildman–Crippen MR) is 128 cm³/mol. The zero-order chi connectivity index (χ0) is 24.3. The summed E-state index contributed by atoms with van der Waals surface area (Å²) in [6.07, 6.45) is 3.69. The van der Waals surface area contributed by atoms with Gasteiger partial charge in [0.1, 0.15) is 6.10 Å². The smallest absolute Gasteiger partial charge is 0.407 e. The Bertz CT molecular complexity index is 1150. The van der Waals surface area contributed by atoms with Crippen molar-refractivity contribution in [2.24, 2.45) is 0 Å². The first-order valence-electron chi connectivity index (χ1n) is 11.0. The van der Waals surface area contributed by atoms with Gasteiger partial charge < -0.3 is 25.1 Å². The summed E-state index contributed by atoms with van der Waals surface area (Å²) in [6, 6.07) is 14.3. The highest BCUT2D eigenvalue weighted by molar-refractivity contribution is 6.00. The fourth-order valence-corrected chi connectivity index (χ4v) is 3.36. The Kier molecular flexibility index (Phi) is 8.63. The van der Waals surface area contributed by atoms with Gasteiger partial charge in [-0.05, 0) is 61.2 Å². The Labute approximate surface area is 198 Å². The second kappa shape index (κ2) is 12.1. The number of rotatable bonds is 9. The van der Waals surface area contributed by atoms with Gasteiger partial charge in [-0.15, -0.1) is 0 Å². The van der Waals surface area contributed by atoms with Crippen LogP contribution in [0, 0.1) is 18.3 Å². The van der Waals surface area contributed by atoms with Crippen molar-refractivity contribution in [1.29, 1.82) is 5.26 Å². The van der Waals surface area contributed by atoms with E-state index in [2.05, 4.69) is 27.0 Å². The average molecular weight is 462 g/mol. The zero-order valence-corrected chi connectivity index (χ0v) is 19.1. The fourth-order valence-electron chi connectivity index (χ4n) is 3.36. The number of aromatic nitrogens is 1. The summed E-state index contributed by atoms with van der Waals surface area (Å²) < 4.78 is 10.7. The molecule has 2 aromatic carbocycles. The van der Waals surface area contributed by atoms with Crippen LogP contribution in [0.15, 0.2) is 59.5 Å². The van der Waals surface area contributed by atoms with Gasteiger partial charge in [0.2, 0.25) is 0 Å². The van der Waals surface area contributed by atoms with E-state index in [-0.39, 0.29) is 18.7 Å². The van der Waals surface area contributed by atoms with E-state index in [1.165, 1.54) is 6.39 Å². The molecular formula is C25H27N5O4. The number of benzene rings is 2. The number of ether oxygens (including phenoxy) is 1. The molecule has 1 aromatic heterocycles. The van der Waals surface area contributed by atoms with E-state index in [9.17, 15) is 9.59 Å². The summed E-state index contributed by atoms with van der Waals surface area (Å²) in [4.78, 5) is 28.4. The number of nitrogens with one attached hydrogen (secondary N) is 3. The lowest BCUT2D eigenvalue weighted by molar-refractivity contribution is 0.0906. The molecular weight excluding hydrogens is 434 g/mol. The van der Waals surface area contributed by atoms with Crippen LogP contribution in [0.25, 0.3) is 11.3 Å². The third kappa shape index (κ3) is 7.10. The number of oxazole rings is 1. The summed E-state index contributed by atoms with van der Waals surface area (Å²) in [5, 5.41) is 17.0. The van der Waals surface area contributed by atoms with E-state index >= 15 is 0 Å². The first kappa shape index (κ1) is 24.3. The summed E-state index contributed by atoms with van der Waals surface area (Å²) in [5.41, 5.74) is 3.86. The van der Waals surface area contributed by atoms with E-state index in [1.807, 2.05) is 32.0 Å². The largest absolute Gasteiger partial charge is 0.446 e. The molecule has 9 nitrogen and oxygen atoms in total. The lowest BCUT2D eigenvalue weighted by atomic mass is 10.1. The maximum absolute atomic E-state index is 12.5. The maximum Gasteiger partial charge on any atom is 0.407 e. The molecule has 1 unspecified atom stereocenters. The fraction of sp³-hybridized carbons (Fsp3) is 0.280. The summed E-state index contributed by atoms with van der Waals surface area (Å²) >= 11 is 0.